The SMILES string of the molecule is COc1c(Br)cc(Br)cc1C1Nc2ccccc2C(=O)N1CC1CCCO1. The van der Waals surface area contributed by atoms with Crippen LogP contribution in [0.4, 0.5) is 5.69 Å². The number of carbonyl (C=O) groups is 1. The minimum Gasteiger partial charge on any atom is -0.495 e. The van der Waals surface area contributed by atoms with Gasteiger partial charge in [0, 0.05) is 28.9 Å². The number of anilines is 1. The fourth-order valence-corrected chi connectivity index (χ4v) is 5.15. The number of benzene rings is 2. The van der Waals surface area contributed by atoms with Gasteiger partial charge in [0.1, 0.15) is 11.9 Å². The van der Waals surface area contributed by atoms with E-state index in [9.17, 15) is 4.79 Å². The monoisotopic (exact) mass is 494 g/mol. The van der Waals surface area contributed by atoms with Gasteiger partial charge in [-0.25, -0.2) is 0 Å². The first kappa shape index (κ1) is 18.8. The average molecular weight is 496 g/mol. The van der Waals surface area contributed by atoms with Crippen LogP contribution < -0.4 is 10.1 Å². The van der Waals surface area contributed by atoms with Gasteiger partial charge in [-0.2, -0.15) is 0 Å². The Morgan fingerprint density at radius 3 is 2.85 bits per heavy atom. The van der Waals surface area contributed by atoms with E-state index in [2.05, 4.69) is 37.2 Å². The maximum Gasteiger partial charge on any atom is 0.257 e. The van der Waals surface area contributed by atoms with E-state index in [1.807, 2.05) is 41.3 Å². The van der Waals surface area contributed by atoms with E-state index in [0.29, 0.717) is 17.9 Å². The molecule has 2 unspecified atom stereocenters. The number of fused-ring (bicyclic) bond motifs is 1. The van der Waals surface area contributed by atoms with Crippen LogP contribution in [0.2, 0.25) is 0 Å². The topological polar surface area (TPSA) is 50.8 Å². The number of amides is 1. The predicted molar refractivity (Wildman–Crippen MR) is 111 cm³/mol. The van der Waals surface area contributed by atoms with Crippen molar-refractivity contribution in [3.8, 4) is 5.75 Å². The smallest absolute Gasteiger partial charge is 0.257 e. The molecule has 2 heterocycles. The van der Waals surface area contributed by atoms with Crippen molar-refractivity contribution < 1.29 is 14.3 Å². The summed E-state index contributed by atoms with van der Waals surface area (Å²) in [5.74, 6) is 0.711. The molecule has 2 aliphatic heterocycles. The molecule has 142 valence electrons. The molecule has 1 amide bonds. The molecule has 0 saturated carbocycles. The molecule has 1 saturated heterocycles. The van der Waals surface area contributed by atoms with E-state index in [1.165, 1.54) is 0 Å². The first-order valence-electron chi connectivity index (χ1n) is 8.89. The maximum atomic E-state index is 13.3. The Hall–Kier alpha value is -1.57. The van der Waals surface area contributed by atoms with E-state index >= 15 is 0 Å². The van der Waals surface area contributed by atoms with E-state index in [1.54, 1.807) is 7.11 Å². The van der Waals surface area contributed by atoms with E-state index in [-0.39, 0.29) is 18.2 Å². The number of carbonyl (C=O) groups excluding carboxylic acids is 1. The van der Waals surface area contributed by atoms with Crippen molar-refractivity contribution in [3.05, 3.63) is 56.5 Å². The van der Waals surface area contributed by atoms with Crippen LogP contribution in [0, 0.1) is 0 Å². The highest BCUT2D eigenvalue weighted by atomic mass is 79.9. The molecule has 2 atom stereocenters. The van der Waals surface area contributed by atoms with Crippen molar-refractivity contribution in [1.82, 2.24) is 4.90 Å². The van der Waals surface area contributed by atoms with Crippen LogP contribution in [0.5, 0.6) is 5.75 Å². The highest BCUT2D eigenvalue weighted by Gasteiger charge is 2.37. The Kier molecular flexibility index (Phi) is 5.43. The molecule has 27 heavy (non-hydrogen) atoms. The third kappa shape index (κ3) is 3.60. The molecule has 0 bridgehead atoms. The van der Waals surface area contributed by atoms with Gasteiger partial charge in [0.25, 0.3) is 5.91 Å². The Balaban J connectivity index is 1.80. The van der Waals surface area contributed by atoms with Crippen LogP contribution in [0.3, 0.4) is 0 Å². The number of methoxy groups -OCH3 is 1. The Bertz CT molecular complexity index is 868. The molecule has 4 rings (SSSR count). The van der Waals surface area contributed by atoms with Gasteiger partial charge >= 0.3 is 0 Å². The van der Waals surface area contributed by atoms with Crippen LogP contribution in [-0.4, -0.2) is 37.2 Å². The summed E-state index contributed by atoms with van der Waals surface area (Å²) < 4.78 is 13.2. The second kappa shape index (κ2) is 7.81. The summed E-state index contributed by atoms with van der Waals surface area (Å²) in [4.78, 5) is 15.2. The fourth-order valence-electron chi connectivity index (χ4n) is 3.73. The molecule has 0 aromatic heterocycles. The zero-order chi connectivity index (χ0) is 19.0. The van der Waals surface area contributed by atoms with Crippen molar-refractivity contribution >= 4 is 43.5 Å². The third-order valence-electron chi connectivity index (χ3n) is 4.98. The predicted octanol–water partition coefficient (Wildman–Crippen LogP) is 4.97. The Morgan fingerprint density at radius 2 is 2.11 bits per heavy atom. The average Bonchev–Trinajstić information content (AvgIpc) is 3.16. The summed E-state index contributed by atoms with van der Waals surface area (Å²) in [5.41, 5.74) is 2.40. The standard InChI is InChI=1S/C20H20Br2N2O3/c1-26-18-15(9-12(21)10-16(18)22)19-23-17-7-3-2-6-14(17)20(25)24(19)11-13-5-4-8-27-13/h2-3,6-7,9-10,13,19,23H,4-5,8,11H2,1H3. The number of para-hydroxylation sites is 1. The number of rotatable bonds is 4. The van der Waals surface area contributed by atoms with Gasteiger partial charge in [-0.15, -0.1) is 0 Å². The van der Waals surface area contributed by atoms with Crippen LogP contribution in [0.1, 0.15) is 34.9 Å². The second-order valence-electron chi connectivity index (χ2n) is 6.70. The van der Waals surface area contributed by atoms with Gasteiger partial charge in [0.15, 0.2) is 0 Å². The normalized spacial score (nSPS) is 21.7. The van der Waals surface area contributed by atoms with E-state index in [0.717, 1.165) is 39.6 Å². The van der Waals surface area contributed by atoms with Gasteiger partial charge in [0.2, 0.25) is 0 Å². The van der Waals surface area contributed by atoms with Gasteiger partial charge < -0.3 is 19.7 Å². The minimum absolute atomic E-state index is 0.00278. The molecule has 1 fully saturated rings. The summed E-state index contributed by atoms with van der Waals surface area (Å²) >= 11 is 7.13. The first-order valence-corrected chi connectivity index (χ1v) is 10.5. The molecular weight excluding hydrogens is 476 g/mol. The van der Waals surface area contributed by atoms with Gasteiger partial charge in [-0.3, -0.25) is 4.79 Å². The molecular formula is C20H20Br2N2O3. The molecule has 0 spiro atoms. The molecule has 5 nitrogen and oxygen atoms in total. The van der Waals surface area contributed by atoms with Crippen molar-refractivity contribution in [2.24, 2.45) is 0 Å². The lowest BCUT2D eigenvalue weighted by molar-refractivity contribution is 0.0424. The van der Waals surface area contributed by atoms with Crippen molar-refractivity contribution in [3.63, 3.8) is 0 Å². The molecule has 0 aliphatic carbocycles. The van der Waals surface area contributed by atoms with Gasteiger partial charge in [-0.05, 0) is 53.0 Å². The largest absolute Gasteiger partial charge is 0.495 e. The lowest BCUT2D eigenvalue weighted by Crippen LogP contribution is -2.46. The summed E-state index contributed by atoms with van der Waals surface area (Å²) in [5, 5.41) is 3.52. The van der Waals surface area contributed by atoms with E-state index < -0.39 is 0 Å². The Morgan fingerprint density at radius 1 is 1.30 bits per heavy atom. The van der Waals surface area contributed by atoms with Gasteiger partial charge in [0.05, 0.1) is 23.2 Å². The van der Waals surface area contributed by atoms with Crippen LogP contribution in [-0.2, 0) is 4.74 Å². The van der Waals surface area contributed by atoms with Crippen LogP contribution >= 0.6 is 31.9 Å². The number of hydrogen-bond acceptors (Lipinski definition) is 4. The molecule has 2 aromatic carbocycles. The maximum absolute atomic E-state index is 13.3. The van der Waals surface area contributed by atoms with Crippen LogP contribution in [0.25, 0.3) is 0 Å². The molecule has 7 heteroatoms. The number of nitrogens with one attached hydrogen (secondary N) is 1. The summed E-state index contributed by atoms with van der Waals surface area (Å²) in [6.45, 7) is 1.30. The minimum atomic E-state index is -0.347. The van der Waals surface area contributed by atoms with Crippen molar-refractivity contribution in [2.75, 3.05) is 25.6 Å². The summed E-state index contributed by atoms with van der Waals surface area (Å²) in [7, 11) is 1.64. The number of ether oxygens (including phenoxy) is 2. The molecule has 1 N–H and O–H groups in total. The highest BCUT2D eigenvalue weighted by Crippen LogP contribution is 2.41. The van der Waals surface area contributed by atoms with E-state index in [4.69, 9.17) is 9.47 Å². The Labute approximate surface area is 175 Å². The molecule has 2 aromatic rings. The molecule has 2 aliphatic rings. The van der Waals surface area contributed by atoms with Crippen molar-refractivity contribution in [1.29, 1.82) is 0 Å². The number of hydrogen-bond donors (Lipinski definition) is 1. The zero-order valence-corrected chi connectivity index (χ0v) is 18.0. The third-order valence-corrected chi connectivity index (χ3v) is 6.03. The first-order chi connectivity index (χ1) is 13.1. The zero-order valence-electron chi connectivity index (χ0n) is 14.9. The summed E-state index contributed by atoms with van der Waals surface area (Å²) in [6.07, 6.45) is 1.72. The summed E-state index contributed by atoms with van der Waals surface area (Å²) in [6, 6.07) is 11.5. The quantitative estimate of drug-likeness (QED) is 0.650. The fraction of sp³-hybridized carbons (Fsp3) is 0.350. The lowest BCUT2D eigenvalue weighted by Gasteiger charge is -2.39. The number of halogens is 2. The van der Waals surface area contributed by atoms with Gasteiger partial charge in [-0.1, -0.05) is 28.1 Å². The second-order valence-corrected chi connectivity index (χ2v) is 8.47. The lowest BCUT2D eigenvalue weighted by atomic mass is 10.0. The van der Waals surface area contributed by atoms with Crippen LogP contribution in [0.15, 0.2) is 45.3 Å². The molecule has 0 radical (unpaired) electrons. The number of nitrogens with zero attached hydrogens (tertiary/aromatic N) is 1. The highest BCUT2D eigenvalue weighted by molar-refractivity contribution is 9.11. The van der Waals surface area contributed by atoms with Crippen molar-refractivity contribution in [2.45, 2.75) is 25.1 Å².